The van der Waals surface area contributed by atoms with Crippen LogP contribution in [0.3, 0.4) is 0 Å². The van der Waals surface area contributed by atoms with Crippen molar-refractivity contribution in [1.29, 1.82) is 0 Å². The van der Waals surface area contributed by atoms with E-state index < -0.39 is 0 Å². The van der Waals surface area contributed by atoms with Gasteiger partial charge in [0, 0.05) is 18.0 Å². The number of aromatic nitrogens is 3. The standard InChI is InChI=1S/C9H9N5OS/c10-4-7(15)12-9-14-13-8(16-9)6-2-1-3-11-5-6/h1-3,5H,4,10H2,(H,12,14,15). The Morgan fingerprint density at radius 3 is 3.06 bits per heavy atom. The van der Waals surface area contributed by atoms with Gasteiger partial charge in [-0.3, -0.25) is 15.1 Å². The molecule has 3 N–H and O–H groups in total. The summed E-state index contributed by atoms with van der Waals surface area (Å²) in [6.07, 6.45) is 3.37. The number of hydrogen-bond donors (Lipinski definition) is 2. The summed E-state index contributed by atoms with van der Waals surface area (Å²) >= 11 is 1.28. The fraction of sp³-hybridized carbons (Fsp3) is 0.111. The number of nitrogens with one attached hydrogen (secondary N) is 1. The summed E-state index contributed by atoms with van der Waals surface area (Å²) in [6, 6.07) is 3.69. The molecule has 0 aliphatic heterocycles. The van der Waals surface area contributed by atoms with Gasteiger partial charge in [-0.1, -0.05) is 11.3 Å². The molecule has 2 aromatic heterocycles. The maximum Gasteiger partial charge on any atom is 0.239 e. The van der Waals surface area contributed by atoms with Gasteiger partial charge in [-0.15, -0.1) is 10.2 Å². The van der Waals surface area contributed by atoms with Crippen molar-refractivity contribution in [2.75, 3.05) is 11.9 Å². The van der Waals surface area contributed by atoms with Crippen LogP contribution in [0, 0.1) is 0 Å². The number of nitrogens with zero attached hydrogens (tertiary/aromatic N) is 3. The molecule has 7 heteroatoms. The van der Waals surface area contributed by atoms with E-state index in [9.17, 15) is 4.79 Å². The van der Waals surface area contributed by atoms with Crippen molar-refractivity contribution in [3.63, 3.8) is 0 Å². The van der Waals surface area contributed by atoms with E-state index in [1.54, 1.807) is 12.4 Å². The van der Waals surface area contributed by atoms with Crippen molar-refractivity contribution in [2.24, 2.45) is 5.73 Å². The van der Waals surface area contributed by atoms with Gasteiger partial charge in [0.05, 0.1) is 6.54 Å². The van der Waals surface area contributed by atoms with E-state index in [2.05, 4.69) is 20.5 Å². The van der Waals surface area contributed by atoms with Crippen LogP contribution in [0.4, 0.5) is 5.13 Å². The Kier molecular flexibility index (Phi) is 3.18. The van der Waals surface area contributed by atoms with Gasteiger partial charge >= 0.3 is 0 Å². The highest BCUT2D eigenvalue weighted by Gasteiger charge is 2.08. The molecular weight excluding hydrogens is 226 g/mol. The summed E-state index contributed by atoms with van der Waals surface area (Å²) in [4.78, 5) is 15.0. The highest BCUT2D eigenvalue weighted by atomic mass is 32.1. The van der Waals surface area contributed by atoms with Crippen LogP contribution in [0.5, 0.6) is 0 Å². The lowest BCUT2D eigenvalue weighted by Gasteiger charge is -1.94. The van der Waals surface area contributed by atoms with E-state index >= 15 is 0 Å². The monoisotopic (exact) mass is 235 g/mol. The predicted molar refractivity (Wildman–Crippen MR) is 60.8 cm³/mol. The molecule has 0 aliphatic carbocycles. The minimum Gasteiger partial charge on any atom is -0.322 e. The number of anilines is 1. The van der Waals surface area contributed by atoms with Crippen molar-refractivity contribution >= 4 is 22.4 Å². The molecule has 0 saturated carbocycles. The lowest BCUT2D eigenvalue weighted by Crippen LogP contribution is -2.21. The topological polar surface area (TPSA) is 93.8 Å². The lowest BCUT2D eigenvalue weighted by atomic mass is 10.3. The number of hydrogen-bond acceptors (Lipinski definition) is 6. The third kappa shape index (κ3) is 2.38. The molecular formula is C9H9N5OS. The minimum absolute atomic E-state index is 0.0677. The molecule has 6 nitrogen and oxygen atoms in total. The number of carbonyl (C=O) groups is 1. The number of amides is 1. The zero-order valence-electron chi connectivity index (χ0n) is 8.25. The van der Waals surface area contributed by atoms with Gasteiger partial charge in [-0.05, 0) is 12.1 Å². The Balaban J connectivity index is 2.17. The Morgan fingerprint density at radius 1 is 1.50 bits per heavy atom. The van der Waals surface area contributed by atoms with Crippen molar-refractivity contribution in [3.8, 4) is 10.6 Å². The first kappa shape index (κ1) is 10.7. The molecule has 82 valence electrons. The average molecular weight is 235 g/mol. The van der Waals surface area contributed by atoms with Gasteiger partial charge in [0.2, 0.25) is 11.0 Å². The van der Waals surface area contributed by atoms with Gasteiger partial charge in [0.25, 0.3) is 0 Å². The SMILES string of the molecule is NCC(=O)Nc1nnc(-c2cccnc2)s1. The van der Waals surface area contributed by atoms with E-state index in [0.717, 1.165) is 5.56 Å². The Bertz CT molecular complexity index is 484. The van der Waals surface area contributed by atoms with Crippen LogP contribution in [0.25, 0.3) is 10.6 Å². The lowest BCUT2D eigenvalue weighted by molar-refractivity contribution is -0.114. The van der Waals surface area contributed by atoms with E-state index in [1.165, 1.54) is 11.3 Å². The molecule has 16 heavy (non-hydrogen) atoms. The van der Waals surface area contributed by atoms with E-state index in [0.29, 0.717) is 10.1 Å². The number of carbonyl (C=O) groups excluding carboxylic acids is 1. The highest BCUT2D eigenvalue weighted by Crippen LogP contribution is 2.25. The Labute approximate surface area is 95.5 Å². The van der Waals surface area contributed by atoms with Crippen molar-refractivity contribution in [2.45, 2.75) is 0 Å². The smallest absolute Gasteiger partial charge is 0.239 e. The van der Waals surface area contributed by atoms with Crippen LogP contribution in [-0.4, -0.2) is 27.6 Å². The van der Waals surface area contributed by atoms with Gasteiger partial charge < -0.3 is 5.73 Å². The zero-order valence-corrected chi connectivity index (χ0v) is 9.07. The maximum absolute atomic E-state index is 11.0. The number of nitrogens with two attached hydrogens (primary N) is 1. The minimum atomic E-state index is -0.283. The van der Waals surface area contributed by atoms with Crippen LogP contribution in [-0.2, 0) is 4.79 Å². The zero-order chi connectivity index (χ0) is 11.4. The fourth-order valence-electron chi connectivity index (χ4n) is 1.05. The summed E-state index contributed by atoms with van der Waals surface area (Å²) < 4.78 is 0. The van der Waals surface area contributed by atoms with Gasteiger partial charge in [-0.25, -0.2) is 0 Å². The van der Waals surface area contributed by atoms with Gasteiger partial charge in [0.15, 0.2) is 5.01 Å². The first-order chi connectivity index (χ1) is 7.79. The van der Waals surface area contributed by atoms with Crippen LogP contribution < -0.4 is 11.1 Å². The molecule has 0 radical (unpaired) electrons. The summed E-state index contributed by atoms with van der Waals surface area (Å²) in [5.74, 6) is -0.283. The number of pyridine rings is 1. The predicted octanol–water partition coefficient (Wildman–Crippen LogP) is 0.497. The average Bonchev–Trinajstić information content (AvgIpc) is 2.78. The van der Waals surface area contributed by atoms with Crippen LogP contribution in [0.2, 0.25) is 0 Å². The summed E-state index contributed by atoms with van der Waals surface area (Å²) in [7, 11) is 0. The van der Waals surface area contributed by atoms with Crippen molar-refractivity contribution in [1.82, 2.24) is 15.2 Å². The van der Waals surface area contributed by atoms with Crippen LogP contribution in [0.15, 0.2) is 24.5 Å². The summed E-state index contributed by atoms with van der Waals surface area (Å²) in [6.45, 7) is -0.0677. The second-order valence-corrected chi connectivity index (χ2v) is 3.88. The van der Waals surface area contributed by atoms with Crippen molar-refractivity contribution in [3.05, 3.63) is 24.5 Å². The first-order valence-corrected chi connectivity index (χ1v) is 5.35. The van der Waals surface area contributed by atoms with Crippen LogP contribution >= 0.6 is 11.3 Å². The molecule has 0 bridgehead atoms. The number of rotatable bonds is 3. The molecule has 1 amide bonds. The second kappa shape index (κ2) is 4.77. The second-order valence-electron chi connectivity index (χ2n) is 2.91. The van der Waals surface area contributed by atoms with Crippen molar-refractivity contribution < 1.29 is 4.79 Å². The Morgan fingerprint density at radius 2 is 2.38 bits per heavy atom. The third-order valence-corrected chi connectivity index (χ3v) is 2.65. The first-order valence-electron chi connectivity index (χ1n) is 4.53. The maximum atomic E-state index is 11.0. The Hall–Kier alpha value is -1.86. The quantitative estimate of drug-likeness (QED) is 0.807. The normalized spacial score (nSPS) is 10.1. The third-order valence-electron chi connectivity index (χ3n) is 1.77. The molecule has 0 fully saturated rings. The van der Waals surface area contributed by atoms with Gasteiger partial charge in [-0.2, -0.15) is 0 Å². The molecule has 0 aromatic carbocycles. The highest BCUT2D eigenvalue weighted by molar-refractivity contribution is 7.18. The van der Waals surface area contributed by atoms with E-state index in [1.807, 2.05) is 12.1 Å². The molecule has 0 aliphatic rings. The summed E-state index contributed by atoms with van der Waals surface area (Å²) in [5.41, 5.74) is 6.04. The fourth-order valence-corrected chi connectivity index (χ4v) is 1.80. The van der Waals surface area contributed by atoms with Gasteiger partial charge in [0.1, 0.15) is 0 Å². The van der Waals surface area contributed by atoms with E-state index in [-0.39, 0.29) is 12.5 Å². The molecule has 2 aromatic rings. The molecule has 0 spiro atoms. The molecule has 2 heterocycles. The van der Waals surface area contributed by atoms with E-state index in [4.69, 9.17) is 5.73 Å². The molecule has 0 unspecified atom stereocenters. The summed E-state index contributed by atoms with van der Waals surface area (Å²) in [5, 5.41) is 11.5. The van der Waals surface area contributed by atoms with Crippen LogP contribution in [0.1, 0.15) is 0 Å². The largest absolute Gasteiger partial charge is 0.322 e. The molecule has 0 atom stereocenters. The molecule has 0 saturated heterocycles. The molecule has 2 rings (SSSR count).